The molecule has 0 aliphatic heterocycles. The average Bonchev–Trinajstić information content (AvgIpc) is 2.23. The highest BCUT2D eigenvalue weighted by Gasteiger charge is 2.24. The summed E-state index contributed by atoms with van der Waals surface area (Å²) < 4.78 is 49.8. The van der Waals surface area contributed by atoms with Crippen LogP contribution < -0.4 is 0 Å². The lowest BCUT2D eigenvalue weighted by molar-refractivity contribution is -0.140. The van der Waals surface area contributed by atoms with Crippen molar-refractivity contribution in [1.29, 1.82) is 0 Å². The van der Waals surface area contributed by atoms with E-state index in [9.17, 15) is 22.0 Å². The Bertz CT molecular complexity index is 534. The first-order valence-electron chi connectivity index (χ1n) is 5.09. The highest BCUT2D eigenvalue weighted by molar-refractivity contribution is 7.90. The molecule has 0 saturated carbocycles. The summed E-state index contributed by atoms with van der Waals surface area (Å²) in [6.45, 7) is 1.22. The molecule has 4 nitrogen and oxygen atoms in total. The summed E-state index contributed by atoms with van der Waals surface area (Å²) in [4.78, 5) is 10.6. The SMILES string of the molecule is CC(CS(=O)(=O)Cc1c(F)cccc1F)C(=O)O. The molecule has 1 aromatic rings. The Kier molecular flexibility index (Phi) is 4.39. The van der Waals surface area contributed by atoms with Crippen LogP contribution in [-0.2, 0) is 20.4 Å². The zero-order valence-electron chi connectivity index (χ0n) is 9.56. The predicted molar refractivity (Wildman–Crippen MR) is 60.6 cm³/mol. The van der Waals surface area contributed by atoms with Crippen LogP contribution in [0.15, 0.2) is 18.2 Å². The van der Waals surface area contributed by atoms with E-state index in [1.807, 2.05) is 0 Å². The van der Waals surface area contributed by atoms with Gasteiger partial charge in [-0.25, -0.2) is 17.2 Å². The number of hydrogen-bond acceptors (Lipinski definition) is 3. The molecule has 1 unspecified atom stereocenters. The van der Waals surface area contributed by atoms with Crippen LogP contribution in [-0.4, -0.2) is 25.2 Å². The zero-order chi connectivity index (χ0) is 13.9. The van der Waals surface area contributed by atoms with Crippen LogP contribution in [0, 0.1) is 17.6 Å². The van der Waals surface area contributed by atoms with Crippen molar-refractivity contribution in [2.24, 2.45) is 5.92 Å². The third-order valence-corrected chi connectivity index (χ3v) is 4.09. The number of aliphatic carboxylic acids is 1. The Morgan fingerprint density at radius 2 is 1.83 bits per heavy atom. The van der Waals surface area contributed by atoms with Crippen LogP contribution >= 0.6 is 0 Å². The molecule has 0 aromatic heterocycles. The molecular weight excluding hydrogens is 266 g/mol. The van der Waals surface area contributed by atoms with E-state index in [2.05, 4.69) is 0 Å². The van der Waals surface area contributed by atoms with Crippen molar-refractivity contribution in [3.8, 4) is 0 Å². The molecule has 0 radical (unpaired) electrons. The van der Waals surface area contributed by atoms with E-state index in [1.165, 1.54) is 6.92 Å². The molecule has 0 aliphatic rings. The van der Waals surface area contributed by atoms with Gasteiger partial charge in [0.25, 0.3) is 0 Å². The van der Waals surface area contributed by atoms with Crippen molar-refractivity contribution in [2.45, 2.75) is 12.7 Å². The summed E-state index contributed by atoms with van der Waals surface area (Å²) in [7, 11) is -3.88. The molecule has 1 aromatic carbocycles. The number of halogens is 2. The van der Waals surface area contributed by atoms with Gasteiger partial charge >= 0.3 is 5.97 Å². The molecule has 18 heavy (non-hydrogen) atoms. The molecule has 0 aliphatic carbocycles. The van der Waals surface area contributed by atoms with Gasteiger partial charge in [0.15, 0.2) is 9.84 Å². The van der Waals surface area contributed by atoms with Crippen molar-refractivity contribution < 1.29 is 27.1 Å². The van der Waals surface area contributed by atoms with Gasteiger partial charge in [0.2, 0.25) is 0 Å². The first-order valence-corrected chi connectivity index (χ1v) is 6.91. The third kappa shape index (κ3) is 3.76. The van der Waals surface area contributed by atoms with Crippen LogP contribution in [0.4, 0.5) is 8.78 Å². The Labute approximate surface area is 103 Å². The lowest BCUT2D eigenvalue weighted by Gasteiger charge is -2.09. The summed E-state index contributed by atoms with van der Waals surface area (Å²) >= 11 is 0. The highest BCUT2D eigenvalue weighted by Crippen LogP contribution is 2.17. The van der Waals surface area contributed by atoms with Gasteiger partial charge < -0.3 is 5.11 Å². The summed E-state index contributed by atoms with van der Waals surface area (Å²) in [6, 6.07) is 3.03. The molecule has 1 atom stereocenters. The standard InChI is InChI=1S/C11H12F2O4S/c1-7(11(14)15)5-18(16,17)6-8-9(12)3-2-4-10(8)13/h2-4,7H,5-6H2,1H3,(H,14,15). The molecule has 0 fully saturated rings. The lowest BCUT2D eigenvalue weighted by Crippen LogP contribution is -2.22. The molecule has 100 valence electrons. The van der Waals surface area contributed by atoms with Crippen molar-refractivity contribution in [2.75, 3.05) is 5.75 Å². The maximum atomic E-state index is 13.3. The molecule has 7 heteroatoms. The van der Waals surface area contributed by atoms with Gasteiger partial charge in [-0.15, -0.1) is 0 Å². The molecule has 0 heterocycles. The van der Waals surface area contributed by atoms with Gasteiger partial charge in [0.05, 0.1) is 17.4 Å². The number of rotatable bonds is 5. The first kappa shape index (κ1) is 14.6. The summed E-state index contributed by atoms with van der Waals surface area (Å²) in [5.41, 5.74) is -0.560. The molecule has 1 rings (SSSR count). The highest BCUT2D eigenvalue weighted by atomic mass is 32.2. The van der Waals surface area contributed by atoms with Gasteiger partial charge in [-0.05, 0) is 12.1 Å². The maximum absolute atomic E-state index is 13.3. The third-order valence-electron chi connectivity index (χ3n) is 2.35. The van der Waals surface area contributed by atoms with Crippen LogP contribution in [0.25, 0.3) is 0 Å². The molecular formula is C11H12F2O4S. The Balaban J connectivity index is 2.93. The second-order valence-corrected chi connectivity index (χ2v) is 6.10. The van der Waals surface area contributed by atoms with Crippen molar-refractivity contribution in [3.63, 3.8) is 0 Å². The monoisotopic (exact) mass is 278 g/mol. The van der Waals surface area contributed by atoms with Crippen LogP contribution in [0.1, 0.15) is 12.5 Å². The minimum atomic E-state index is -3.88. The number of hydrogen-bond donors (Lipinski definition) is 1. The van der Waals surface area contributed by atoms with E-state index in [4.69, 9.17) is 5.11 Å². The predicted octanol–water partition coefficient (Wildman–Crippen LogP) is 1.60. The van der Waals surface area contributed by atoms with Crippen molar-refractivity contribution >= 4 is 15.8 Å². The molecule has 0 bridgehead atoms. The number of benzene rings is 1. The van der Waals surface area contributed by atoms with Crippen LogP contribution in [0.3, 0.4) is 0 Å². The van der Waals surface area contributed by atoms with Crippen LogP contribution in [0.5, 0.6) is 0 Å². The average molecular weight is 278 g/mol. The van der Waals surface area contributed by atoms with E-state index in [1.54, 1.807) is 0 Å². The van der Waals surface area contributed by atoms with E-state index in [-0.39, 0.29) is 0 Å². The minimum Gasteiger partial charge on any atom is -0.481 e. The smallest absolute Gasteiger partial charge is 0.307 e. The quantitative estimate of drug-likeness (QED) is 0.888. The fourth-order valence-corrected chi connectivity index (χ4v) is 3.14. The van der Waals surface area contributed by atoms with Gasteiger partial charge in [-0.2, -0.15) is 0 Å². The normalized spacial score (nSPS) is 13.3. The van der Waals surface area contributed by atoms with E-state index in [0.717, 1.165) is 18.2 Å². The van der Waals surface area contributed by atoms with Gasteiger partial charge in [0, 0.05) is 5.56 Å². The minimum absolute atomic E-state index is 0.560. The molecule has 1 N–H and O–H groups in total. The molecule has 0 spiro atoms. The van der Waals surface area contributed by atoms with E-state index < -0.39 is 50.4 Å². The van der Waals surface area contributed by atoms with E-state index in [0.29, 0.717) is 0 Å². The Hall–Kier alpha value is -1.50. The molecule has 0 saturated heterocycles. The topological polar surface area (TPSA) is 71.4 Å². The van der Waals surface area contributed by atoms with Crippen molar-refractivity contribution in [3.05, 3.63) is 35.4 Å². The number of carboxylic acids is 1. The lowest BCUT2D eigenvalue weighted by atomic mass is 10.2. The fraction of sp³-hybridized carbons (Fsp3) is 0.364. The van der Waals surface area contributed by atoms with Crippen molar-refractivity contribution in [1.82, 2.24) is 0 Å². The zero-order valence-corrected chi connectivity index (χ0v) is 10.4. The molecule has 0 amide bonds. The maximum Gasteiger partial charge on any atom is 0.307 e. The van der Waals surface area contributed by atoms with Gasteiger partial charge in [0.1, 0.15) is 11.6 Å². The fourth-order valence-electron chi connectivity index (χ4n) is 1.40. The second kappa shape index (κ2) is 5.43. The van der Waals surface area contributed by atoms with Gasteiger partial charge in [-0.3, -0.25) is 4.79 Å². The first-order chi connectivity index (χ1) is 8.23. The number of carbonyl (C=O) groups is 1. The summed E-state index contributed by atoms with van der Waals surface area (Å²) in [5, 5.41) is 8.61. The number of sulfone groups is 1. The Morgan fingerprint density at radius 3 is 2.28 bits per heavy atom. The van der Waals surface area contributed by atoms with Gasteiger partial charge in [-0.1, -0.05) is 13.0 Å². The largest absolute Gasteiger partial charge is 0.481 e. The summed E-state index contributed by atoms with van der Waals surface area (Å²) in [5.74, 6) is -5.81. The van der Waals surface area contributed by atoms with E-state index >= 15 is 0 Å². The summed E-state index contributed by atoms with van der Waals surface area (Å²) in [6.07, 6.45) is 0. The van der Waals surface area contributed by atoms with Crippen LogP contribution in [0.2, 0.25) is 0 Å². The Morgan fingerprint density at radius 1 is 1.33 bits per heavy atom. The second-order valence-electron chi connectivity index (χ2n) is 3.99. The number of carboxylic acid groups (broad SMARTS) is 1.